The summed E-state index contributed by atoms with van der Waals surface area (Å²) in [6.45, 7) is 4.32. The lowest BCUT2D eigenvalue weighted by atomic mass is 9.91. The highest BCUT2D eigenvalue weighted by Crippen LogP contribution is 2.29. The minimum Gasteiger partial charge on any atom is -0.398 e. The molecule has 5 nitrogen and oxygen atoms in total. The highest BCUT2D eigenvalue weighted by molar-refractivity contribution is 6.17. The summed E-state index contributed by atoms with van der Waals surface area (Å²) in [6.07, 6.45) is 8.22. The summed E-state index contributed by atoms with van der Waals surface area (Å²) in [6, 6.07) is 9.92. The van der Waals surface area contributed by atoms with Crippen molar-refractivity contribution in [1.29, 1.82) is 5.41 Å². The van der Waals surface area contributed by atoms with E-state index in [1.165, 1.54) is 11.6 Å². The van der Waals surface area contributed by atoms with Gasteiger partial charge in [0.05, 0.1) is 16.7 Å². The standard InChI is InChI=1S/C26H27F2N5/c1-15(2)32-19-6-3-16(4-7-19)18-12-25-24(31-14-18)10-9-23(33-25)20(13-29)26(30)17-5-8-21(27)22(28)11-17/h3,5,8-15,19,29,32H,4,6-7,30H2,1-2H3. The first kappa shape index (κ1) is 22.7. The molecule has 1 unspecified atom stereocenters. The van der Waals surface area contributed by atoms with Gasteiger partial charge in [0, 0.05) is 41.3 Å². The number of nitrogens with zero attached hydrogens (tertiary/aromatic N) is 2. The topological polar surface area (TPSA) is 87.7 Å². The second-order valence-electron chi connectivity index (χ2n) is 8.58. The largest absolute Gasteiger partial charge is 0.398 e. The maximum atomic E-state index is 13.7. The second kappa shape index (κ2) is 9.58. The van der Waals surface area contributed by atoms with E-state index in [1.54, 1.807) is 6.07 Å². The Hall–Kier alpha value is -3.45. The summed E-state index contributed by atoms with van der Waals surface area (Å²) in [5.74, 6) is -1.94. The summed E-state index contributed by atoms with van der Waals surface area (Å²) in [7, 11) is 0. The number of allylic oxidation sites excluding steroid dienone is 2. The molecular weight excluding hydrogens is 420 g/mol. The van der Waals surface area contributed by atoms with Crippen molar-refractivity contribution in [2.45, 2.75) is 45.2 Å². The summed E-state index contributed by atoms with van der Waals surface area (Å²) in [4.78, 5) is 9.24. The predicted molar refractivity (Wildman–Crippen MR) is 130 cm³/mol. The number of rotatable bonds is 6. The molecule has 4 N–H and O–H groups in total. The average molecular weight is 448 g/mol. The molecule has 0 saturated heterocycles. The number of nitrogens with one attached hydrogen (secondary N) is 2. The number of benzene rings is 1. The van der Waals surface area contributed by atoms with Crippen LogP contribution in [0.4, 0.5) is 8.78 Å². The Labute approximate surface area is 192 Å². The maximum Gasteiger partial charge on any atom is 0.159 e. The van der Waals surface area contributed by atoms with E-state index in [-0.39, 0.29) is 11.3 Å². The first-order valence-corrected chi connectivity index (χ1v) is 11.0. The van der Waals surface area contributed by atoms with Crippen LogP contribution in [-0.2, 0) is 0 Å². The number of fused-ring (bicyclic) bond motifs is 1. The van der Waals surface area contributed by atoms with E-state index >= 15 is 0 Å². The molecule has 1 aliphatic rings. The molecule has 1 aliphatic carbocycles. The summed E-state index contributed by atoms with van der Waals surface area (Å²) in [5, 5.41) is 11.4. The molecule has 3 aromatic rings. The molecule has 0 aliphatic heterocycles. The van der Waals surface area contributed by atoms with E-state index in [1.807, 2.05) is 18.3 Å². The minimum atomic E-state index is -0.994. The van der Waals surface area contributed by atoms with Gasteiger partial charge in [-0.25, -0.2) is 13.8 Å². The Morgan fingerprint density at radius 2 is 1.97 bits per heavy atom. The van der Waals surface area contributed by atoms with Gasteiger partial charge in [0.25, 0.3) is 0 Å². The van der Waals surface area contributed by atoms with Crippen LogP contribution in [0.2, 0.25) is 0 Å². The van der Waals surface area contributed by atoms with Crippen molar-refractivity contribution in [2.75, 3.05) is 0 Å². The van der Waals surface area contributed by atoms with Gasteiger partial charge in [0.15, 0.2) is 11.6 Å². The summed E-state index contributed by atoms with van der Waals surface area (Å²) < 4.78 is 27.0. The van der Waals surface area contributed by atoms with Crippen molar-refractivity contribution in [3.8, 4) is 0 Å². The molecule has 2 aromatic heterocycles. The predicted octanol–water partition coefficient (Wildman–Crippen LogP) is 5.32. The maximum absolute atomic E-state index is 13.7. The quantitative estimate of drug-likeness (QED) is 0.447. The number of nitrogens with two attached hydrogens (primary N) is 1. The minimum absolute atomic E-state index is 0.151. The van der Waals surface area contributed by atoms with Gasteiger partial charge in [-0.2, -0.15) is 0 Å². The van der Waals surface area contributed by atoms with Crippen molar-refractivity contribution in [3.63, 3.8) is 0 Å². The van der Waals surface area contributed by atoms with Gasteiger partial charge in [0.1, 0.15) is 0 Å². The van der Waals surface area contributed by atoms with Crippen molar-refractivity contribution in [2.24, 2.45) is 5.73 Å². The first-order valence-electron chi connectivity index (χ1n) is 11.0. The van der Waals surface area contributed by atoms with E-state index in [4.69, 9.17) is 11.1 Å². The fourth-order valence-corrected chi connectivity index (χ4v) is 4.16. The van der Waals surface area contributed by atoms with Crippen LogP contribution >= 0.6 is 0 Å². The van der Waals surface area contributed by atoms with Crippen LogP contribution in [0.3, 0.4) is 0 Å². The van der Waals surface area contributed by atoms with E-state index in [9.17, 15) is 8.78 Å². The number of hydrogen-bond donors (Lipinski definition) is 3. The van der Waals surface area contributed by atoms with Crippen molar-refractivity contribution in [3.05, 3.63) is 77.1 Å². The number of aromatic nitrogens is 2. The number of pyridine rings is 2. The fourth-order valence-electron chi connectivity index (χ4n) is 4.16. The van der Waals surface area contributed by atoms with Crippen LogP contribution < -0.4 is 11.1 Å². The van der Waals surface area contributed by atoms with Crippen LogP contribution in [0.25, 0.3) is 27.9 Å². The number of hydrogen-bond acceptors (Lipinski definition) is 5. The van der Waals surface area contributed by atoms with Gasteiger partial charge in [-0.05, 0) is 66.8 Å². The highest BCUT2D eigenvalue weighted by atomic mass is 19.2. The van der Waals surface area contributed by atoms with Crippen molar-refractivity contribution >= 4 is 34.1 Å². The van der Waals surface area contributed by atoms with E-state index < -0.39 is 11.6 Å². The Balaban J connectivity index is 1.68. The molecule has 1 aromatic carbocycles. The lowest BCUT2D eigenvalue weighted by molar-refractivity contribution is 0.437. The Bertz CT molecular complexity index is 1260. The molecule has 0 fully saturated rings. The molecule has 7 heteroatoms. The lowest BCUT2D eigenvalue weighted by Crippen LogP contribution is -2.35. The molecule has 0 saturated carbocycles. The van der Waals surface area contributed by atoms with Crippen LogP contribution in [0.1, 0.15) is 49.9 Å². The average Bonchev–Trinajstić information content (AvgIpc) is 2.81. The summed E-state index contributed by atoms with van der Waals surface area (Å²) in [5.41, 5.74) is 11.1. The SMILES string of the molecule is CC(C)NC1CC=C(c2cnc3ccc(C(C=N)=C(N)c4ccc(F)c(F)c4)nc3c2)CC1. The van der Waals surface area contributed by atoms with Crippen molar-refractivity contribution in [1.82, 2.24) is 15.3 Å². The Kier molecular flexibility index (Phi) is 6.60. The number of halogens is 2. The summed E-state index contributed by atoms with van der Waals surface area (Å²) >= 11 is 0. The van der Waals surface area contributed by atoms with Crippen LogP contribution in [0.15, 0.2) is 48.7 Å². The third-order valence-electron chi connectivity index (χ3n) is 5.83. The zero-order valence-corrected chi connectivity index (χ0v) is 18.7. The van der Waals surface area contributed by atoms with E-state index in [0.717, 1.165) is 48.7 Å². The molecule has 0 bridgehead atoms. The molecular formula is C26H27F2N5. The monoisotopic (exact) mass is 447 g/mol. The van der Waals surface area contributed by atoms with Gasteiger partial charge >= 0.3 is 0 Å². The molecule has 170 valence electrons. The smallest absolute Gasteiger partial charge is 0.159 e. The molecule has 4 rings (SSSR count). The lowest BCUT2D eigenvalue weighted by Gasteiger charge is -2.25. The van der Waals surface area contributed by atoms with Crippen LogP contribution in [-0.4, -0.2) is 28.3 Å². The van der Waals surface area contributed by atoms with Gasteiger partial charge < -0.3 is 16.5 Å². The van der Waals surface area contributed by atoms with Gasteiger partial charge in [-0.15, -0.1) is 0 Å². The Morgan fingerprint density at radius 3 is 2.64 bits per heavy atom. The molecule has 0 spiro atoms. The molecule has 0 amide bonds. The second-order valence-corrected chi connectivity index (χ2v) is 8.58. The molecule has 0 radical (unpaired) electrons. The Morgan fingerprint density at radius 1 is 1.15 bits per heavy atom. The van der Waals surface area contributed by atoms with Gasteiger partial charge in [-0.1, -0.05) is 19.9 Å². The first-order chi connectivity index (χ1) is 15.9. The highest BCUT2D eigenvalue weighted by Gasteiger charge is 2.17. The third kappa shape index (κ3) is 4.98. The van der Waals surface area contributed by atoms with Crippen molar-refractivity contribution < 1.29 is 8.78 Å². The van der Waals surface area contributed by atoms with E-state index in [0.29, 0.717) is 28.9 Å². The van der Waals surface area contributed by atoms with Crippen LogP contribution in [0.5, 0.6) is 0 Å². The molecule has 33 heavy (non-hydrogen) atoms. The van der Waals surface area contributed by atoms with Gasteiger partial charge in [0.2, 0.25) is 0 Å². The normalized spacial score (nSPS) is 17.1. The van der Waals surface area contributed by atoms with E-state index in [2.05, 4.69) is 35.2 Å². The molecule has 2 heterocycles. The zero-order chi connectivity index (χ0) is 23.5. The molecule has 1 atom stereocenters. The third-order valence-corrected chi connectivity index (χ3v) is 5.83. The fraction of sp³-hybridized carbons (Fsp3) is 0.269. The van der Waals surface area contributed by atoms with Crippen LogP contribution in [0, 0.1) is 17.0 Å². The van der Waals surface area contributed by atoms with Gasteiger partial charge in [-0.3, -0.25) is 4.98 Å². The zero-order valence-electron chi connectivity index (χ0n) is 18.7.